The highest BCUT2D eigenvalue weighted by Crippen LogP contribution is 2.21. The number of carbonyl (C=O) groups is 1. The maximum absolute atomic E-state index is 12.6. The lowest BCUT2D eigenvalue weighted by molar-refractivity contribution is -0.138. The van der Waals surface area contributed by atoms with Crippen molar-refractivity contribution < 1.29 is 9.53 Å². The summed E-state index contributed by atoms with van der Waals surface area (Å²) in [5.41, 5.74) is 1.34. The van der Waals surface area contributed by atoms with Crippen molar-refractivity contribution in [2.45, 2.75) is 32.1 Å². The molecule has 0 saturated carbocycles. The van der Waals surface area contributed by atoms with Gasteiger partial charge in [-0.3, -0.25) is 4.79 Å². The summed E-state index contributed by atoms with van der Waals surface area (Å²) in [6.45, 7) is 5.68. The van der Waals surface area contributed by atoms with Gasteiger partial charge >= 0.3 is 0 Å². The van der Waals surface area contributed by atoms with Crippen LogP contribution in [0.5, 0.6) is 0 Å². The van der Waals surface area contributed by atoms with Crippen molar-refractivity contribution in [3.05, 3.63) is 34.9 Å². The van der Waals surface area contributed by atoms with Crippen molar-refractivity contribution in [3.63, 3.8) is 0 Å². The number of carbonyl (C=O) groups excluding carboxylic acids is 1. The average molecular weight is 379 g/mol. The van der Waals surface area contributed by atoms with Gasteiger partial charge in [-0.25, -0.2) is 0 Å². The van der Waals surface area contributed by atoms with Gasteiger partial charge in [0.25, 0.3) is 0 Å². The molecule has 1 aromatic carbocycles. The van der Waals surface area contributed by atoms with E-state index in [0.29, 0.717) is 11.8 Å². The van der Waals surface area contributed by atoms with E-state index in [1.54, 1.807) is 0 Å². The number of benzene rings is 1. The normalized spacial score (nSPS) is 22.3. The fraction of sp³-hybridized carbons (Fsp3) is 0.667. The second kappa shape index (κ2) is 9.72. The third-order valence-corrected chi connectivity index (χ3v) is 5.96. The zero-order valence-corrected chi connectivity index (χ0v) is 16.6. The highest BCUT2D eigenvalue weighted by molar-refractivity contribution is 6.30. The van der Waals surface area contributed by atoms with Crippen LogP contribution in [0.25, 0.3) is 0 Å². The van der Waals surface area contributed by atoms with E-state index in [9.17, 15) is 4.79 Å². The van der Waals surface area contributed by atoms with Gasteiger partial charge < -0.3 is 14.5 Å². The van der Waals surface area contributed by atoms with Crippen LogP contribution in [-0.2, 0) is 16.0 Å². The fourth-order valence-corrected chi connectivity index (χ4v) is 4.30. The van der Waals surface area contributed by atoms with E-state index in [0.717, 1.165) is 57.1 Å². The summed E-state index contributed by atoms with van der Waals surface area (Å²) in [5, 5.41) is 0.795. The summed E-state index contributed by atoms with van der Waals surface area (Å²) >= 11 is 5.96. The van der Waals surface area contributed by atoms with Crippen LogP contribution in [0.2, 0.25) is 5.02 Å². The monoisotopic (exact) mass is 378 g/mol. The predicted molar refractivity (Wildman–Crippen MR) is 106 cm³/mol. The lowest BCUT2D eigenvalue weighted by atomic mass is 9.95. The molecule has 1 aromatic rings. The van der Waals surface area contributed by atoms with Gasteiger partial charge in [-0.1, -0.05) is 23.7 Å². The number of piperidine rings is 1. The van der Waals surface area contributed by atoms with E-state index in [2.05, 4.69) is 17.0 Å². The van der Waals surface area contributed by atoms with Crippen molar-refractivity contribution in [2.24, 2.45) is 11.8 Å². The van der Waals surface area contributed by atoms with E-state index >= 15 is 0 Å². The Morgan fingerprint density at radius 2 is 1.96 bits per heavy atom. The molecule has 0 radical (unpaired) electrons. The van der Waals surface area contributed by atoms with Gasteiger partial charge in [0.2, 0.25) is 5.91 Å². The van der Waals surface area contributed by atoms with Crippen LogP contribution in [0.3, 0.4) is 0 Å². The van der Waals surface area contributed by atoms with E-state index in [1.807, 2.05) is 24.1 Å². The number of halogens is 1. The Bertz CT molecular complexity index is 572. The van der Waals surface area contributed by atoms with Gasteiger partial charge in [0, 0.05) is 50.8 Å². The summed E-state index contributed by atoms with van der Waals surface area (Å²) in [4.78, 5) is 17.2. The molecule has 4 nitrogen and oxygen atoms in total. The van der Waals surface area contributed by atoms with Crippen molar-refractivity contribution >= 4 is 17.5 Å². The summed E-state index contributed by atoms with van der Waals surface area (Å²) < 4.78 is 5.38. The van der Waals surface area contributed by atoms with E-state index < -0.39 is 0 Å². The average Bonchev–Trinajstić information content (AvgIpc) is 2.68. The second-order valence-corrected chi connectivity index (χ2v) is 8.23. The third-order valence-electron chi connectivity index (χ3n) is 5.71. The summed E-state index contributed by atoms with van der Waals surface area (Å²) in [5.74, 6) is 1.06. The molecule has 2 aliphatic heterocycles. The first-order valence-electron chi connectivity index (χ1n) is 9.91. The van der Waals surface area contributed by atoms with Gasteiger partial charge in [0.15, 0.2) is 0 Å². The highest BCUT2D eigenvalue weighted by atomic mass is 35.5. The summed E-state index contributed by atoms with van der Waals surface area (Å²) in [6.07, 6.45) is 5.26. The lowest BCUT2D eigenvalue weighted by Gasteiger charge is -2.36. The molecule has 1 unspecified atom stereocenters. The number of rotatable bonds is 6. The SMILES string of the molecule is CN(CC1CCCN(CCc2ccc(Cl)cc2)C1)C(=O)C1CCOCC1. The minimum Gasteiger partial charge on any atom is -0.381 e. The molecular formula is C21H31ClN2O2. The van der Waals surface area contributed by atoms with Gasteiger partial charge in [-0.15, -0.1) is 0 Å². The minimum atomic E-state index is 0.165. The minimum absolute atomic E-state index is 0.165. The van der Waals surface area contributed by atoms with E-state index in [-0.39, 0.29) is 5.92 Å². The molecule has 1 atom stereocenters. The Labute approximate surface area is 162 Å². The molecular weight excluding hydrogens is 348 g/mol. The first-order chi connectivity index (χ1) is 12.6. The first-order valence-corrected chi connectivity index (χ1v) is 10.3. The van der Waals surface area contributed by atoms with Crippen molar-refractivity contribution in [3.8, 4) is 0 Å². The van der Waals surface area contributed by atoms with Crippen LogP contribution >= 0.6 is 11.6 Å². The van der Waals surface area contributed by atoms with Crippen LogP contribution in [-0.4, -0.2) is 62.1 Å². The van der Waals surface area contributed by atoms with Crippen molar-refractivity contribution in [2.75, 3.05) is 46.4 Å². The Morgan fingerprint density at radius 1 is 1.23 bits per heavy atom. The van der Waals surface area contributed by atoms with E-state index in [1.165, 1.54) is 24.9 Å². The molecule has 0 spiro atoms. The Hall–Kier alpha value is -1.10. The molecule has 2 fully saturated rings. The van der Waals surface area contributed by atoms with E-state index in [4.69, 9.17) is 16.3 Å². The zero-order valence-electron chi connectivity index (χ0n) is 15.8. The first kappa shape index (κ1) is 19.7. The maximum atomic E-state index is 12.6. The van der Waals surface area contributed by atoms with Gasteiger partial charge in [-0.2, -0.15) is 0 Å². The largest absolute Gasteiger partial charge is 0.381 e. The number of hydrogen-bond acceptors (Lipinski definition) is 3. The highest BCUT2D eigenvalue weighted by Gasteiger charge is 2.27. The molecule has 5 heteroatoms. The third kappa shape index (κ3) is 5.70. The topological polar surface area (TPSA) is 32.8 Å². The molecule has 0 bridgehead atoms. The molecule has 26 heavy (non-hydrogen) atoms. The lowest BCUT2D eigenvalue weighted by Crippen LogP contribution is -2.44. The van der Waals surface area contributed by atoms with Gasteiger partial charge in [0.1, 0.15) is 0 Å². The maximum Gasteiger partial charge on any atom is 0.225 e. The fourth-order valence-electron chi connectivity index (χ4n) is 4.18. The Balaban J connectivity index is 1.43. The quantitative estimate of drug-likeness (QED) is 0.759. The van der Waals surface area contributed by atoms with Crippen molar-refractivity contribution in [1.82, 2.24) is 9.80 Å². The summed E-state index contributed by atoms with van der Waals surface area (Å²) in [7, 11) is 1.98. The number of hydrogen-bond donors (Lipinski definition) is 0. The Kier molecular flexibility index (Phi) is 7.35. The molecule has 2 heterocycles. The second-order valence-electron chi connectivity index (χ2n) is 7.79. The molecule has 144 valence electrons. The number of ether oxygens (including phenoxy) is 1. The zero-order chi connectivity index (χ0) is 18.4. The van der Waals surface area contributed by atoms with Crippen LogP contribution in [0, 0.1) is 11.8 Å². The standard InChI is InChI=1S/C21H31ClN2O2/c1-23(21(25)19-9-13-26-14-10-19)15-18-3-2-11-24(16-18)12-8-17-4-6-20(22)7-5-17/h4-7,18-19H,2-3,8-16H2,1H3. The molecule has 0 aliphatic carbocycles. The smallest absolute Gasteiger partial charge is 0.225 e. The molecule has 0 aromatic heterocycles. The van der Waals surface area contributed by atoms with Gasteiger partial charge in [-0.05, 0) is 62.3 Å². The van der Waals surface area contributed by atoms with Crippen molar-refractivity contribution in [1.29, 1.82) is 0 Å². The Morgan fingerprint density at radius 3 is 2.69 bits per heavy atom. The number of amides is 1. The van der Waals surface area contributed by atoms with Crippen LogP contribution in [0.1, 0.15) is 31.2 Å². The van der Waals surface area contributed by atoms with Crippen LogP contribution in [0.15, 0.2) is 24.3 Å². The number of nitrogens with zero attached hydrogens (tertiary/aromatic N) is 2. The number of likely N-dealkylation sites (tertiary alicyclic amines) is 1. The predicted octanol–water partition coefficient (Wildman–Crippen LogP) is 3.48. The molecule has 2 aliphatic rings. The molecule has 0 N–H and O–H groups in total. The van der Waals surface area contributed by atoms with Crippen LogP contribution in [0.4, 0.5) is 0 Å². The molecule has 3 rings (SSSR count). The summed E-state index contributed by atoms with van der Waals surface area (Å²) in [6, 6.07) is 8.16. The molecule has 2 saturated heterocycles. The van der Waals surface area contributed by atoms with Gasteiger partial charge in [0.05, 0.1) is 0 Å². The molecule has 1 amide bonds. The van der Waals surface area contributed by atoms with Crippen LogP contribution < -0.4 is 0 Å².